The third-order valence-electron chi connectivity index (χ3n) is 3.94. The monoisotopic (exact) mass is 355 g/mol. The maximum absolute atomic E-state index is 10.9. The topological polar surface area (TPSA) is 118 Å². The van der Waals surface area contributed by atoms with Gasteiger partial charge >= 0.3 is 0 Å². The molecule has 0 saturated heterocycles. The Balaban J connectivity index is 2.14. The smallest absolute Gasteiger partial charge is 0.201 e. The number of benzene rings is 3. The number of hydrogen-bond donors (Lipinski definition) is 4. The highest BCUT2D eigenvalue weighted by atomic mass is 16.3. The van der Waals surface area contributed by atoms with Crippen LogP contribution in [0.2, 0.25) is 0 Å². The van der Waals surface area contributed by atoms with Crippen LogP contribution in [0.25, 0.3) is 22.3 Å². The molecule has 6 heteroatoms. The number of rotatable bonds is 5. The Morgan fingerprint density at radius 3 is 1.85 bits per heavy atom. The molecule has 0 spiro atoms. The van der Waals surface area contributed by atoms with Gasteiger partial charge in [0.15, 0.2) is 5.84 Å². The van der Waals surface area contributed by atoms with Gasteiger partial charge in [0.1, 0.15) is 11.8 Å². The van der Waals surface area contributed by atoms with Crippen molar-refractivity contribution in [1.82, 2.24) is 0 Å². The van der Waals surface area contributed by atoms with Gasteiger partial charge in [-0.05, 0) is 23.3 Å². The highest BCUT2D eigenvalue weighted by molar-refractivity contribution is 6.45. The minimum absolute atomic E-state index is 0.147. The Hall–Kier alpha value is -4.11. The van der Waals surface area contributed by atoms with E-state index in [1.807, 2.05) is 60.7 Å². The molecule has 27 heavy (non-hydrogen) atoms. The summed E-state index contributed by atoms with van der Waals surface area (Å²) in [6.07, 6.45) is 0. The summed E-state index contributed by atoms with van der Waals surface area (Å²) in [4.78, 5) is 0. The second kappa shape index (κ2) is 7.85. The number of nitrogens with two attached hydrogens (primary N) is 1. The molecule has 0 unspecified atom stereocenters. The lowest BCUT2D eigenvalue weighted by atomic mass is 9.96. The molecule has 0 aliphatic heterocycles. The summed E-state index contributed by atoms with van der Waals surface area (Å²) in [5.41, 5.74) is 11.3. The fraction of sp³-hybridized carbons (Fsp3) is 0. The number of nitriles is 1. The van der Waals surface area contributed by atoms with Crippen LogP contribution < -0.4 is 11.2 Å². The van der Waals surface area contributed by atoms with E-state index in [0.717, 1.165) is 11.1 Å². The van der Waals surface area contributed by atoms with Crippen LogP contribution in [-0.4, -0.2) is 16.7 Å². The van der Waals surface area contributed by atoms with Crippen LogP contribution in [-0.2, 0) is 0 Å². The van der Waals surface area contributed by atoms with E-state index in [1.54, 1.807) is 18.2 Å². The molecule has 6 nitrogen and oxygen atoms in total. The Bertz CT molecular complexity index is 977. The first kappa shape index (κ1) is 17.7. The highest BCUT2D eigenvalue weighted by Crippen LogP contribution is 2.40. The van der Waals surface area contributed by atoms with Crippen molar-refractivity contribution < 1.29 is 5.11 Å². The first-order valence-corrected chi connectivity index (χ1v) is 8.16. The maximum atomic E-state index is 10.9. The molecule has 0 atom stereocenters. The molecule has 3 rings (SSSR count). The molecule has 0 amide bonds. The molecular weight excluding hydrogens is 338 g/mol. The molecule has 0 aliphatic carbocycles. The van der Waals surface area contributed by atoms with Crippen LogP contribution >= 0.6 is 0 Å². The average molecular weight is 355 g/mol. The Labute approximate surface area is 156 Å². The Morgan fingerprint density at radius 1 is 0.963 bits per heavy atom. The van der Waals surface area contributed by atoms with E-state index in [1.165, 1.54) is 0 Å². The predicted octanol–water partition coefficient (Wildman–Crippen LogP) is 3.95. The molecule has 5 N–H and O–H groups in total. The first-order chi connectivity index (χ1) is 13.1. The predicted molar refractivity (Wildman–Crippen MR) is 108 cm³/mol. The van der Waals surface area contributed by atoms with Crippen molar-refractivity contribution in [2.75, 3.05) is 5.43 Å². The van der Waals surface area contributed by atoms with Gasteiger partial charge in [0, 0.05) is 11.1 Å². The third kappa shape index (κ3) is 3.94. The number of anilines is 1. The summed E-state index contributed by atoms with van der Waals surface area (Å²) in [7, 11) is 0. The van der Waals surface area contributed by atoms with Crippen molar-refractivity contribution in [3.63, 3.8) is 0 Å². The number of nitrogens with one attached hydrogen (secondary N) is 2. The maximum Gasteiger partial charge on any atom is 0.201 e. The lowest BCUT2D eigenvalue weighted by molar-refractivity contribution is 0.479. The van der Waals surface area contributed by atoms with Crippen LogP contribution in [0.15, 0.2) is 77.9 Å². The van der Waals surface area contributed by atoms with Crippen LogP contribution in [0.3, 0.4) is 0 Å². The summed E-state index contributed by atoms with van der Waals surface area (Å²) >= 11 is 0. The standard InChI is InChI=1S/C21H17N5O/c22-13-19(21(23)24)26-25-16-11-17(14-7-3-1-4-8-14)20(27)18(12-16)15-9-5-2-6-10-15/h1-12,25,27H,(H3,23,24)/b26-19+. The van der Waals surface area contributed by atoms with E-state index in [0.29, 0.717) is 16.8 Å². The van der Waals surface area contributed by atoms with E-state index in [2.05, 4.69) is 10.5 Å². The summed E-state index contributed by atoms with van der Waals surface area (Å²) in [6, 6.07) is 24.2. The van der Waals surface area contributed by atoms with Gasteiger partial charge in [-0.2, -0.15) is 10.4 Å². The van der Waals surface area contributed by atoms with E-state index >= 15 is 0 Å². The fourth-order valence-electron chi connectivity index (χ4n) is 2.64. The number of phenols is 1. The largest absolute Gasteiger partial charge is 0.507 e. The van der Waals surface area contributed by atoms with Gasteiger partial charge in [-0.15, -0.1) is 0 Å². The van der Waals surface area contributed by atoms with Gasteiger partial charge in [0.25, 0.3) is 0 Å². The molecule has 0 aliphatic rings. The Morgan fingerprint density at radius 2 is 1.44 bits per heavy atom. The Kier molecular flexibility index (Phi) is 5.15. The molecule has 0 aromatic heterocycles. The highest BCUT2D eigenvalue weighted by Gasteiger charge is 2.13. The summed E-state index contributed by atoms with van der Waals surface area (Å²) < 4.78 is 0. The van der Waals surface area contributed by atoms with E-state index in [4.69, 9.17) is 16.4 Å². The lowest BCUT2D eigenvalue weighted by Crippen LogP contribution is -2.21. The number of hydrogen-bond acceptors (Lipinski definition) is 5. The van der Waals surface area contributed by atoms with E-state index in [9.17, 15) is 5.11 Å². The lowest BCUT2D eigenvalue weighted by Gasteiger charge is -2.14. The van der Waals surface area contributed by atoms with Crippen LogP contribution in [0.4, 0.5) is 5.69 Å². The summed E-state index contributed by atoms with van der Waals surface area (Å²) in [6.45, 7) is 0. The van der Waals surface area contributed by atoms with Gasteiger partial charge in [-0.1, -0.05) is 60.7 Å². The number of phenolic OH excluding ortho intramolecular Hbond substituents is 1. The van der Waals surface area contributed by atoms with Crippen molar-refractivity contribution in [3.05, 3.63) is 72.8 Å². The molecule has 3 aromatic rings. The second-order valence-electron chi connectivity index (χ2n) is 5.75. The van der Waals surface area contributed by atoms with Crippen LogP contribution in [0.1, 0.15) is 0 Å². The number of nitrogens with zero attached hydrogens (tertiary/aromatic N) is 2. The third-order valence-corrected chi connectivity index (χ3v) is 3.94. The normalized spacial score (nSPS) is 10.9. The first-order valence-electron chi connectivity index (χ1n) is 8.16. The van der Waals surface area contributed by atoms with Gasteiger partial charge < -0.3 is 10.8 Å². The van der Waals surface area contributed by atoms with Gasteiger partial charge in [-0.25, -0.2) is 0 Å². The van der Waals surface area contributed by atoms with E-state index in [-0.39, 0.29) is 11.5 Å². The van der Waals surface area contributed by atoms with Crippen molar-refractivity contribution in [2.24, 2.45) is 10.8 Å². The van der Waals surface area contributed by atoms with Crippen molar-refractivity contribution >= 4 is 17.2 Å². The minimum Gasteiger partial charge on any atom is -0.507 e. The molecule has 0 radical (unpaired) electrons. The molecular formula is C21H17N5O. The molecule has 3 aromatic carbocycles. The molecule has 0 heterocycles. The van der Waals surface area contributed by atoms with Crippen LogP contribution in [0.5, 0.6) is 5.75 Å². The molecule has 0 fully saturated rings. The van der Waals surface area contributed by atoms with E-state index < -0.39 is 5.84 Å². The van der Waals surface area contributed by atoms with Crippen molar-refractivity contribution in [1.29, 1.82) is 10.7 Å². The minimum atomic E-state index is -0.421. The average Bonchev–Trinajstić information content (AvgIpc) is 2.70. The second-order valence-corrected chi connectivity index (χ2v) is 5.75. The van der Waals surface area contributed by atoms with Gasteiger partial charge in [0.05, 0.1) is 5.69 Å². The zero-order chi connectivity index (χ0) is 19.2. The quantitative estimate of drug-likeness (QED) is 0.240. The van der Waals surface area contributed by atoms with Gasteiger partial charge in [-0.3, -0.25) is 10.8 Å². The summed E-state index contributed by atoms with van der Waals surface area (Å²) in [5, 5.41) is 31.1. The SMILES string of the molecule is N#C/C(=N\Nc1cc(-c2ccccc2)c(O)c(-c2ccccc2)c1)C(=N)N. The zero-order valence-corrected chi connectivity index (χ0v) is 14.3. The number of aromatic hydroxyl groups is 1. The van der Waals surface area contributed by atoms with Gasteiger partial charge in [0.2, 0.25) is 5.71 Å². The molecule has 132 valence electrons. The molecule has 0 saturated carbocycles. The van der Waals surface area contributed by atoms with Crippen molar-refractivity contribution in [3.8, 4) is 34.1 Å². The van der Waals surface area contributed by atoms with Crippen LogP contribution in [0, 0.1) is 16.7 Å². The zero-order valence-electron chi connectivity index (χ0n) is 14.3. The fourth-order valence-corrected chi connectivity index (χ4v) is 2.64. The number of hydrazone groups is 1. The van der Waals surface area contributed by atoms with Crippen molar-refractivity contribution in [2.45, 2.75) is 0 Å². The number of amidine groups is 1. The summed E-state index contributed by atoms with van der Waals surface area (Å²) in [5.74, 6) is -0.274. The molecule has 0 bridgehead atoms.